The number of benzene rings is 3. The van der Waals surface area contributed by atoms with E-state index in [-0.39, 0.29) is 10.0 Å². The molecule has 3 aromatic carbocycles. The number of hydrogen-bond acceptors (Lipinski definition) is 6. The first-order valence-corrected chi connectivity index (χ1v) is 12.9. The first kappa shape index (κ1) is 28.4. The summed E-state index contributed by atoms with van der Waals surface area (Å²) in [6, 6.07) is 18.2. The average molecular weight is 571 g/mol. The predicted octanol–water partition coefficient (Wildman–Crippen LogP) is 5.33. The summed E-state index contributed by atoms with van der Waals surface area (Å²) >= 11 is 12.5. The highest BCUT2D eigenvalue weighted by Gasteiger charge is 2.56. The Hall–Kier alpha value is -3.59. The van der Waals surface area contributed by atoms with Crippen molar-refractivity contribution in [2.45, 2.75) is 24.9 Å². The van der Waals surface area contributed by atoms with Gasteiger partial charge in [-0.2, -0.15) is 0 Å². The summed E-state index contributed by atoms with van der Waals surface area (Å²) in [5.41, 5.74) is -0.655. The van der Waals surface area contributed by atoms with Crippen molar-refractivity contribution < 1.29 is 29.0 Å². The SMILES string of the molecule is COc1ccccc1NC(=O)C1C(=O)CC(C)(O)C(C(=O)Nc2ccccc2OC)C1c1ccc(Cl)c(Cl)c1. The first-order valence-electron chi connectivity index (χ1n) is 12.1. The van der Waals surface area contributed by atoms with E-state index in [9.17, 15) is 19.5 Å². The molecule has 0 bridgehead atoms. The van der Waals surface area contributed by atoms with Gasteiger partial charge in [0.25, 0.3) is 0 Å². The van der Waals surface area contributed by atoms with Gasteiger partial charge in [0.05, 0.1) is 47.2 Å². The van der Waals surface area contributed by atoms with Gasteiger partial charge in [-0.1, -0.05) is 53.5 Å². The van der Waals surface area contributed by atoms with Gasteiger partial charge >= 0.3 is 0 Å². The monoisotopic (exact) mass is 570 g/mol. The van der Waals surface area contributed by atoms with Gasteiger partial charge in [0.2, 0.25) is 11.8 Å². The Morgan fingerprint density at radius 1 is 0.872 bits per heavy atom. The summed E-state index contributed by atoms with van der Waals surface area (Å²) in [6.45, 7) is 1.41. The van der Waals surface area contributed by atoms with E-state index in [4.69, 9.17) is 32.7 Å². The number of carbonyl (C=O) groups is 3. The Morgan fingerprint density at radius 3 is 1.95 bits per heavy atom. The fraction of sp³-hybridized carbons (Fsp3) is 0.276. The van der Waals surface area contributed by atoms with Crippen LogP contribution in [-0.2, 0) is 14.4 Å². The van der Waals surface area contributed by atoms with Crippen molar-refractivity contribution in [3.05, 3.63) is 82.3 Å². The van der Waals surface area contributed by atoms with Gasteiger partial charge in [0, 0.05) is 12.3 Å². The number of nitrogens with one attached hydrogen (secondary N) is 2. The molecule has 8 nitrogen and oxygen atoms in total. The average Bonchev–Trinajstić information content (AvgIpc) is 2.89. The smallest absolute Gasteiger partial charge is 0.235 e. The maximum absolute atomic E-state index is 13.9. The van der Waals surface area contributed by atoms with Crippen LogP contribution in [-0.4, -0.2) is 42.5 Å². The minimum atomic E-state index is -1.79. The zero-order chi connectivity index (χ0) is 28.3. The van der Waals surface area contributed by atoms with E-state index in [1.165, 1.54) is 33.3 Å². The van der Waals surface area contributed by atoms with Crippen LogP contribution in [0, 0.1) is 11.8 Å². The second-order valence-electron chi connectivity index (χ2n) is 9.53. The fourth-order valence-electron chi connectivity index (χ4n) is 5.13. The summed E-state index contributed by atoms with van der Waals surface area (Å²) in [5.74, 6) is -4.60. The zero-order valence-corrected chi connectivity index (χ0v) is 23.0. The third-order valence-electron chi connectivity index (χ3n) is 6.89. The summed E-state index contributed by atoms with van der Waals surface area (Å²) in [6.07, 6.45) is -0.418. The van der Waals surface area contributed by atoms with Crippen molar-refractivity contribution in [2.75, 3.05) is 24.9 Å². The van der Waals surface area contributed by atoms with Crippen LogP contribution in [0.5, 0.6) is 11.5 Å². The van der Waals surface area contributed by atoms with Crippen molar-refractivity contribution in [3.63, 3.8) is 0 Å². The number of rotatable bonds is 7. The van der Waals surface area contributed by atoms with E-state index < -0.39 is 47.4 Å². The normalized spacial score (nSPS) is 22.6. The second kappa shape index (κ2) is 11.7. The molecule has 0 saturated heterocycles. The molecule has 0 heterocycles. The molecular formula is C29H28Cl2N2O6. The Kier molecular flexibility index (Phi) is 8.49. The van der Waals surface area contributed by atoms with Crippen LogP contribution >= 0.6 is 23.2 Å². The largest absolute Gasteiger partial charge is 0.495 e. The molecule has 39 heavy (non-hydrogen) atoms. The molecule has 0 aromatic heterocycles. The number of ether oxygens (including phenoxy) is 2. The maximum Gasteiger partial charge on any atom is 0.235 e. The highest BCUT2D eigenvalue weighted by Crippen LogP contribution is 2.48. The molecule has 4 rings (SSSR count). The second-order valence-corrected chi connectivity index (χ2v) is 10.3. The van der Waals surface area contributed by atoms with Crippen LogP contribution in [0.3, 0.4) is 0 Å². The highest BCUT2D eigenvalue weighted by atomic mass is 35.5. The number of para-hydroxylation sites is 4. The molecule has 0 radical (unpaired) electrons. The molecule has 1 aliphatic carbocycles. The number of amides is 2. The van der Waals surface area contributed by atoms with E-state index in [2.05, 4.69) is 10.6 Å². The lowest BCUT2D eigenvalue weighted by atomic mass is 9.61. The van der Waals surface area contributed by atoms with Gasteiger partial charge in [-0.3, -0.25) is 14.4 Å². The van der Waals surface area contributed by atoms with E-state index in [0.717, 1.165) is 0 Å². The molecule has 4 atom stereocenters. The number of carbonyl (C=O) groups excluding carboxylic acids is 3. The minimum Gasteiger partial charge on any atom is -0.495 e. The number of aliphatic hydroxyl groups is 1. The standard InChI is InChI=1S/C29H28Cl2N2O6/c1-29(37)15-21(34)25(27(35)32-19-8-4-6-10-22(19)38-2)24(16-12-13-17(30)18(31)14-16)26(29)28(36)33-20-9-5-7-11-23(20)39-3/h4-14,24-26,37H,15H2,1-3H3,(H,32,35)(H,33,36). The van der Waals surface area contributed by atoms with Gasteiger partial charge in [-0.15, -0.1) is 0 Å². The lowest BCUT2D eigenvalue weighted by Gasteiger charge is -2.44. The molecule has 1 aliphatic rings. The number of methoxy groups -OCH3 is 2. The molecule has 204 valence electrons. The van der Waals surface area contributed by atoms with E-state index in [1.54, 1.807) is 54.6 Å². The van der Waals surface area contributed by atoms with Crippen LogP contribution in [0.2, 0.25) is 10.0 Å². The summed E-state index contributed by atoms with van der Waals surface area (Å²) in [7, 11) is 2.93. The van der Waals surface area contributed by atoms with Crippen LogP contribution in [0.25, 0.3) is 0 Å². The van der Waals surface area contributed by atoms with Crippen LogP contribution < -0.4 is 20.1 Å². The molecule has 0 aliphatic heterocycles. The Balaban J connectivity index is 1.81. The first-order chi connectivity index (χ1) is 18.6. The molecule has 1 saturated carbocycles. The van der Waals surface area contributed by atoms with Crippen LogP contribution in [0.15, 0.2) is 66.7 Å². The van der Waals surface area contributed by atoms with E-state index >= 15 is 0 Å². The fourth-order valence-corrected chi connectivity index (χ4v) is 5.43. The number of ketones is 1. The molecule has 2 amide bonds. The molecule has 0 spiro atoms. The Morgan fingerprint density at radius 2 is 1.41 bits per heavy atom. The van der Waals surface area contributed by atoms with Crippen molar-refractivity contribution in [1.29, 1.82) is 0 Å². The molecule has 4 unspecified atom stereocenters. The maximum atomic E-state index is 13.9. The molecular weight excluding hydrogens is 543 g/mol. The van der Waals surface area contributed by atoms with E-state index in [1.807, 2.05) is 0 Å². The van der Waals surface area contributed by atoms with Crippen molar-refractivity contribution in [1.82, 2.24) is 0 Å². The lowest BCUT2D eigenvalue weighted by Crippen LogP contribution is -2.56. The summed E-state index contributed by atoms with van der Waals surface area (Å²) in [4.78, 5) is 41.1. The molecule has 1 fully saturated rings. The summed E-state index contributed by atoms with van der Waals surface area (Å²) < 4.78 is 10.7. The Labute approximate surface area is 236 Å². The minimum absolute atomic E-state index is 0.180. The van der Waals surface area contributed by atoms with Crippen molar-refractivity contribution in [2.24, 2.45) is 11.8 Å². The summed E-state index contributed by atoms with van der Waals surface area (Å²) in [5, 5.41) is 17.5. The van der Waals surface area contributed by atoms with Crippen LogP contribution in [0.4, 0.5) is 11.4 Å². The lowest BCUT2D eigenvalue weighted by molar-refractivity contribution is -0.150. The molecule has 3 N–H and O–H groups in total. The van der Waals surface area contributed by atoms with Crippen LogP contribution in [0.1, 0.15) is 24.8 Å². The van der Waals surface area contributed by atoms with Gasteiger partial charge in [0.1, 0.15) is 23.2 Å². The third-order valence-corrected chi connectivity index (χ3v) is 7.63. The molecule has 3 aromatic rings. The van der Waals surface area contributed by atoms with Gasteiger partial charge in [0.15, 0.2) is 0 Å². The van der Waals surface area contributed by atoms with Gasteiger partial charge in [-0.25, -0.2) is 0 Å². The number of Topliss-reactive ketones (excluding diaryl/α,β-unsaturated/α-hetero) is 1. The van der Waals surface area contributed by atoms with Gasteiger partial charge < -0.3 is 25.2 Å². The third kappa shape index (κ3) is 5.88. The van der Waals surface area contributed by atoms with Gasteiger partial charge in [-0.05, 0) is 48.9 Å². The quantitative estimate of drug-likeness (QED) is 0.331. The van der Waals surface area contributed by atoms with Crippen molar-refractivity contribution >= 4 is 52.2 Å². The predicted molar refractivity (Wildman–Crippen MR) is 150 cm³/mol. The molecule has 10 heteroatoms. The zero-order valence-electron chi connectivity index (χ0n) is 21.5. The van der Waals surface area contributed by atoms with E-state index in [0.29, 0.717) is 28.4 Å². The Bertz CT molecular complexity index is 1410. The number of hydrogen-bond donors (Lipinski definition) is 3. The topological polar surface area (TPSA) is 114 Å². The highest BCUT2D eigenvalue weighted by molar-refractivity contribution is 6.42. The number of anilines is 2. The van der Waals surface area contributed by atoms with Crippen molar-refractivity contribution in [3.8, 4) is 11.5 Å². The number of halogens is 2.